The number of hydrogen-bond donors (Lipinski definition) is 1. The van der Waals surface area contributed by atoms with Gasteiger partial charge in [0.1, 0.15) is 0 Å². The molecule has 0 atom stereocenters. The number of piperidine rings is 1. The molecule has 0 spiro atoms. The highest BCUT2D eigenvalue weighted by molar-refractivity contribution is 7.92. The Morgan fingerprint density at radius 3 is 2.36 bits per heavy atom. The second-order valence-electron chi connectivity index (χ2n) is 5.73. The lowest BCUT2D eigenvalue weighted by Crippen LogP contribution is -2.29. The van der Waals surface area contributed by atoms with Gasteiger partial charge in [0, 0.05) is 24.2 Å². The molecule has 0 radical (unpaired) electrons. The lowest BCUT2D eigenvalue weighted by molar-refractivity contribution is 0.578. The summed E-state index contributed by atoms with van der Waals surface area (Å²) in [6.07, 6.45) is 5.36. The van der Waals surface area contributed by atoms with Gasteiger partial charge in [0.15, 0.2) is 0 Å². The zero-order chi connectivity index (χ0) is 15.6. The van der Waals surface area contributed by atoms with Crippen molar-refractivity contribution < 1.29 is 8.42 Å². The van der Waals surface area contributed by atoms with Crippen LogP contribution in [0.15, 0.2) is 41.8 Å². The number of nitrogens with zero attached hydrogens (tertiary/aromatic N) is 1. The average molecular weight is 316 g/mol. The Balaban J connectivity index is 1.89. The monoisotopic (exact) mass is 316 g/mol. The molecule has 0 aliphatic carbocycles. The van der Waals surface area contributed by atoms with Gasteiger partial charge in [-0.1, -0.05) is 18.2 Å². The Morgan fingerprint density at radius 2 is 1.64 bits per heavy atom. The smallest absolute Gasteiger partial charge is 0.231 e. The molecule has 0 aromatic heterocycles. The molecule has 1 aliphatic rings. The molecule has 1 saturated heterocycles. The van der Waals surface area contributed by atoms with Gasteiger partial charge in [-0.3, -0.25) is 0 Å². The lowest BCUT2D eigenvalue weighted by atomic mass is 10.0. The van der Waals surface area contributed by atoms with Crippen LogP contribution in [-0.2, 0) is 10.0 Å². The second-order valence-corrected chi connectivity index (χ2v) is 7.18. The van der Waals surface area contributed by atoms with Crippen molar-refractivity contribution >= 4 is 32.6 Å². The summed E-state index contributed by atoms with van der Waals surface area (Å²) in [5.74, 6) is 0. The van der Waals surface area contributed by atoms with E-state index in [0.29, 0.717) is 0 Å². The van der Waals surface area contributed by atoms with Gasteiger partial charge in [-0.25, -0.2) is 13.6 Å². The van der Waals surface area contributed by atoms with Crippen molar-refractivity contribution in [1.82, 2.24) is 0 Å². The first-order chi connectivity index (χ1) is 10.5. The number of rotatable bonds is 3. The van der Waals surface area contributed by atoms with E-state index in [1.165, 1.54) is 31.0 Å². The van der Waals surface area contributed by atoms with E-state index in [-0.39, 0.29) is 0 Å². The fourth-order valence-electron chi connectivity index (χ4n) is 2.88. The van der Waals surface area contributed by atoms with Crippen LogP contribution in [0.25, 0.3) is 16.8 Å². The van der Waals surface area contributed by atoms with Crippen molar-refractivity contribution in [2.24, 2.45) is 5.14 Å². The van der Waals surface area contributed by atoms with Crippen LogP contribution in [0.4, 0.5) is 5.69 Å². The van der Waals surface area contributed by atoms with E-state index in [4.69, 9.17) is 5.14 Å². The van der Waals surface area contributed by atoms with Gasteiger partial charge in [0.05, 0.1) is 0 Å². The summed E-state index contributed by atoms with van der Waals surface area (Å²) in [4.78, 5) is 2.43. The summed E-state index contributed by atoms with van der Waals surface area (Å²) < 4.78 is 21.9. The third kappa shape index (κ3) is 3.67. The van der Waals surface area contributed by atoms with Gasteiger partial charge in [-0.2, -0.15) is 0 Å². The molecule has 1 heterocycles. The van der Waals surface area contributed by atoms with Crippen LogP contribution in [0.1, 0.15) is 24.8 Å². The van der Waals surface area contributed by atoms with Crippen LogP contribution in [0.2, 0.25) is 0 Å². The molecule has 22 heavy (non-hydrogen) atoms. The van der Waals surface area contributed by atoms with Crippen molar-refractivity contribution in [3.05, 3.63) is 47.4 Å². The zero-order valence-corrected chi connectivity index (χ0v) is 13.2. The van der Waals surface area contributed by atoms with E-state index in [9.17, 15) is 8.42 Å². The molecule has 0 saturated carbocycles. The van der Waals surface area contributed by atoms with E-state index >= 15 is 0 Å². The Kier molecular flexibility index (Phi) is 4.18. The SMILES string of the molecule is NS(=O)(=O)C=Cc1ccc2cc(N3CCCCC3)ccc2c1. The number of nitrogens with two attached hydrogens (primary N) is 1. The Labute approximate surface area is 131 Å². The highest BCUT2D eigenvalue weighted by Crippen LogP contribution is 2.25. The van der Waals surface area contributed by atoms with Crippen LogP contribution >= 0.6 is 0 Å². The maximum atomic E-state index is 11.0. The minimum Gasteiger partial charge on any atom is -0.372 e. The normalized spacial score (nSPS) is 16.5. The molecule has 2 aromatic rings. The first-order valence-corrected chi connectivity index (χ1v) is 9.12. The van der Waals surface area contributed by atoms with Crippen LogP contribution in [-0.4, -0.2) is 21.5 Å². The third-order valence-electron chi connectivity index (χ3n) is 4.02. The predicted molar refractivity (Wildman–Crippen MR) is 92.2 cm³/mol. The first kappa shape index (κ1) is 15.1. The standard InChI is InChI=1S/C17H20N2O2S/c18-22(20,21)11-8-14-4-5-16-13-17(7-6-15(16)12-14)19-9-2-1-3-10-19/h4-8,11-13H,1-3,9-10H2,(H2,18,20,21). The Hall–Kier alpha value is -1.85. The molecule has 1 aliphatic heterocycles. The number of fused-ring (bicyclic) bond motifs is 1. The molecule has 3 rings (SSSR count). The topological polar surface area (TPSA) is 63.4 Å². The summed E-state index contributed by atoms with van der Waals surface area (Å²) in [6, 6.07) is 12.3. The molecule has 2 aromatic carbocycles. The van der Waals surface area contributed by atoms with E-state index in [2.05, 4.69) is 23.1 Å². The molecule has 0 unspecified atom stereocenters. The maximum absolute atomic E-state index is 11.0. The summed E-state index contributed by atoms with van der Waals surface area (Å²) >= 11 is 0. The number of anilines is 1. The van der Waals surface area contributed by atoms with Gasteiger partial charge in [0.25, 0.3) is 0 Å². The van der Waals surface area contributed by atoms with Gasteiger partial charge in [-0.15, -0.1) is 0 Å². The van der Waals surface area contributed by atoms with Crippen LogP contribution in [0.5, 0.6) is 0 Å². The number of sulfonamides is 1. The predicted octanol–water partition coefficient (Wildman–Crippen LogP) is 3.09. The fraction of sp³-hybridized carbons (Fsp3) is 0.294. The van der Waals surface area contributed by atoms with Crippen LogP contribution in [0, 0.1) is 0 Å². The molecular weight excluding hydrogens is 296 g/mol. The van der Waals surface area contributed by atoms with E-state index in [1.54, 1.807) is 0 Å². The quantitative estimate of drug-likeness (QED) is 0.946. The molecular formula is C17H20N2O2S. The Morgan fingerprint density at radius 1 is 0.955 bits per heavy atom. The summed E-state index contributed by atoms with van der Waals surface area (Å²) in [5, 5.41) is 8.26. The van der Waals surface area contributed by atoms with Gasteiger partial charge < -0.3 is 4.90 Å². The molecule has 116 valence electrons. The number of primary sulfonamides is 1. The first-order valence-electron chi connectivity index (χ1n) is 7.51. The van der Waals surface area contributed by atoms with Crippen molar-refractivity contribution in [3.63, 3.8) is 0 Å². The largest absolute Gasteiger partial charge is 0.372 e. The van der Waals surface area contributed by atoms with Crippen molar-refractivity contribution in [2.75, 3.05) is 18.0 Å². The summed E-state index contributed by atoms with van der Waals surface area (Å²) in [7, 11) is -3.58. The van der Waals surface area contributed by atoms with E-state index in [0.717, 1.165) is 34.8 Å². The Bertz CT molecular complexity index is 807. The highest BCUT2D eigenvalue weighted by Gasteiger charge is 2.11. The fourth-order valence-corrected chi connectivity index (χ4v) is 3.22. The lowest BCUT2D eigenvalue weighted by Gasteiger charge is -2.29. The highest BCUT2D eigenvalue weighted by atomic mass is 32.2. The van der Waals surface area contributed by atoms with Crippen LogP contribution in [0.3, 0.4) is 0 Å². The summed E-state index contributed by atoms with van der Waals surface area (Å²) in [6.45, 7) is 2.25. The number of hydrogen-bond acceptors (Lipinski definition) is 3. The van der Waals surface area contributed by atoms with Gasteiger partial charge in [0.2, 0.25) is 10.0 Å². The molecule has 0 bridgehead atoms. The van der Waals surface area contributed by atoms with Crippen molar-refractivity contribution in [2.45, 2.75) is 19.3 Å². The average Bonchev–Trinajstić information content (AvgIpc) is 2.52. The van der Waals surface area contributed by atoms with Crippen molar-refractivity contribution in [1.29, 1.82) is 0 Å². The molecule has 0 amide bonds. The molecule has 2 N–H and O–H groups in total. The van der Waals surface area contributed by atoms with Crippen LogP contribution < -0.4 is 10.0 Å². The van der Waals surface area contributed by atoms with Crippen molar-refractivity contribution in [3.8, 4) is 0 Å². The number of benzene rings is 2. The molecule has 5 heteroatoms. The second kappa shape index (κ2) is 6.10. The van der Waals surface area contributed by atoms with E-state index < -0.39 is 10.0 Å². The molecule has 4 nitrogen and oxygen atoms in total. The zero-order valence-electron chi connectivity index (χ0n) is 12.4. The van der Waals surface area contributed by atoms with Gasteiger partial charge >= 0.3 is 0 Å². The third-order valence-corrected chi connectivity index (χ3v) is 4.53. The summed E-state index contributed by atoms with van der Waals surface area (Å²) in [5.41, 5.74) is 2.09. The minimum absolute atomic E-state index is 0.826. The van der Waals surface area contributed by atoms with E-state index in [1.807, 2.05) is 18.2 Å². The minimum atomic E-state index is -3.58. The molecule has 1 fully saturated rings. The maximum Gasteiger partial charge on any atom is 0.231 e. The van der Waals surface area contributed by atoms with Gasteiger partial charge in [-0.05, 0) is 59.9 Å².